The van der Waals surface area contributed by atoms with Gasteiger partial charge in [0.2, 0.25) is 0 Å². The van der Waals surface area contributed by atoms with Crippen LogP contribution in [0.2, 0.25) is 0 Å². The third-order valence-electron chi connectivity index (χ3n) is 2.16. The molecule has 0 saturated carbocycles. The van der Waals surface area contributed by atoms with Gasteiger partial charge in [0.05, 0.1) is 12.3 Å². The first-order valence-corrected chi connectivity index (χ1v) is 5.37. The van der Waals surface area contributed by atoms with E-state index in [9.17, 15) is 0 Å². The monoisotopic (exact) mass is 205 g/mol. The van der Waals surface area contributed by atoms with Crippen LogP contribution in [-0.4, -0.2) is 6.61 Å². The Kier molecular flexibility index (Phi) is 4.91. The standard InChI is InChI=1S/C13H19NO/c1-4-5-9-15-14-12(3)13-8-6-7-11(2)10-13/h6-8,10,14H,3-5,9H2,1-2H3. The Morgan fingerprint density at radius 2 is 2.27 bits per heavy atom. The highest BCUT2D eigenvalue weighted by molar-refractivity contribution is 5.61. The van der Waals surface area contributed by atoms with Crippen LogP contribution in [-0.2, 0) is 4.84 Å². The second-order valence-electron chi connectivity index (χ2n) is 3.65. The molecule has 0 aromatic heterocycles. The summed E-state index contributed by atoms with van der Waals surface area (Å²) in [6, 6.07) is 8.18. The summed E-state index contributed by atoms with van der Waals surface area (Å²) in [7, 11) is 0. The lowest BCUT2D eigenvalue weighted by Gasteiger charge is -2.09. The van der Waals surface area contributed by atoms with E-state index in [1.54, 1.807) is 0 Å². The molecule has 0 radical (unpaired) electrons. The van der Waals surface area contributed by atoms with Gasteiger partial charge in [0.1, 0.15) is 0 Å². The lowest BCUT2D eigenvalue weighted by molar-refractivity contribution is 0.0763. The predicted octanol–water partition coefficient (Wildman–Crippen LogP) is 3.29. The number of unbranched alkanes of at least 4 members (excludes halogenated alkanes) is 1. The molecule has 1 aromatic carbocycles. The molecular weight excluding hydrogens is 186 g/mol. The highest BCUT2D eigenvalue weighted by atomic mass is 16.6. The zero-order valence-corrected chi connectivity index (χ0v) is 9.55. The quantitative estimate of drug-likeness (QED) is 0.568. The van der Waals surface area contributed by atoms with Crippen molar-refractivity contribution in [2.75, 3.05) is 6.61 Å². The van der Waals surface area contributed by atoms with Gasteiger partial charge in [0.25, 0.3) is 0 Å². The van der Waals surface area contributed by atoms with Gasteiger partial charge in [-0.1, -0.05) is 43.7 Å². The molecule has 0 heterocycles. The Morgan fingerprint density at radius 1 is 1.47 bits per heavy atom. The smallest absolute Gasteiger partial charge is 0.0745 e. The van der Waals surface area contributed by atoms with E-state index in [0.29, 0.717) is 0 Å². The fourth-order valence-corrected chi connectivity index (χ4v) is 1.25. The molecule has 0 aliphatic carbocycles. The zero-order chi connectivity index (χ0) is 11.1. The summed E-state index contributed by atoms with van der Waals surface area (Å²) in [5.41, 5.74) is 5.98. The van der Waals surface area contributed by atoms with Crippen LogP contribution >= 0.6 is 0 Å². The molecule has 0 unspecified atom stereocenters. The van der Waals surface area contributed by atoms with Crippen molar-refractivity contribution in [3.8, 4) is 0 Å². The third kappa shape index (κ3) is 4.17. The lowest BCUT2D eigenvalue weighted by atomic mass is 10.1. The van der Waals surface area contributed by atoms with E-state index in [1.165, 1.54) is 5.56 Å². The van der Waals surface area contributed by atoms with Crippen molar-refractivity contribution in [1.82, 2.24) is 5.48 Å². The second kappa shape index (κ2) is 6.25. The van der Waals surface area contributed by atoms with Crippen LogP contribution in [0.5, 0.6) is 0 Å². The van der Waals surface area contributed by atoms with E-state index in [1.807, 2.05) is 12.1 Å². The summed E-state index contributed by atoms with van der Waals surface area (Å²) < 4.78 is 0. The van der Waals surface area contributed by atoms with Crippen molar-refractivity contribution in [3.63, 3.8) is 0 Å². The van der Waals surface area contributed by atoms with Gasteiger partial charge in [-0.3, -0.25) is 10.3 Å². The summed E-state index contributed by atoms with van der Waals surface area (Å²) in [5, 5.41) is 0. The van der Waals surface area contributed by atoms with Crippen LogP contribution in [0.15, 0.2) is 30.8 Å². The molecule has 2 nitrogen and oxygen atoms in total. The average molecular weight is 205 g/mol. The number of aryl methyl sites for hydroxylation is 1. The van der Waals surface area contributed by atoms with Gasteiger partial charge in [-0.25, -0.2) is 0 Å². The molecule has 1 rings (SSSR count). The summed E-state index contributed by atoms with van der Waals surface area (Å²) in [4.78, 5) is 5.28. The number of hydrogen-bond donors (Lipinski definition) is 1. The van der Waals surface area contributed by atoms with Crippen LogP contribution < -0.4 is 5.48 Å². The predicted molar refractivity (Wildman–Crippen MR) is 64.2 cm³/mol. The second-order valence-corrected chi connectivity index (χ2v) is 3.65. The van der Waals surface area contributed by atoms with Crippen molar-refractivity contribution in [2.45, 2.75) is 26.7 Å². The topological polar surface area (TPSA) is 21.3 Å². The van der Waals surface area contributed by atoms with Crippen LogP contribution in [0, 0.1) is 6.92 Å². The SMILES string of the molecule is C=C(NOCCCC)c1cccc(C)c1. The highest BCUT2D eigenvalue weighted by Crippen LogP contribution is 2.11. The van der Waals surface area contributed by atoms with Crippen LogP contribution in [0.25, 0.3) is 5.70 Å². The molecule has 1 aromatic rings. The molecular formula is C13H19NO. The minimum Gasteiger partial charge on any atom is -0.276 e. The van der Waals surface area contributed by atoms with Crippen molar-refractivity contribution >= 4 is 5.70 Å². The minimum atomic E-state index is 0.724. The lowest BCUT2D eigenvalue weighted by Crippen LogP contribution is -2.13. The Hall–Kier alpha value is -1.28. The fourth-order valence-electron chi connectivity index (χ4n) is 1.25. The molecule has 0 aliphatic heterocycles. The number of hydrogen-bond acceptors (Lipinski definition) is 2. The van der Waals surface area contributed by atoms with Gasteiger partial charge in [0.15, 0.2) is 0 Å². The average Bonchev–Trinajstić information content (AvgIpc) is 2.24. The molecule has 15 heavy (non-hydrogen) atoms. The first-order valence-electron chi connectivity index (χ1n) is 5.37. The minimum absolute atomic E-state index is 0.724. The van der Waals surface area contributed by atoms with E-state index >= 15 is 0 Å². The molecule has 0 amide bonds. The molecule has 0 spiro atoms. The van der Waals surface area contributed by atoms with E-state index in [2.05, 4.69) is 38.0 Å². The molecule has 0 fully saturated rings. The van der Waals surface area contributed by atoms with E-state index in [-0.39, 0.29) is 0 Å². The number of nitrogens with one attached hydrogen (secondary N) is 1. The summed E-state index contributed by atoms with van der Waals surface area (Å²) >= 11 is 0. The number of benzene rings is 1. The van der Waals surface area contributed by atoms with Crippen LogP contribution in [0.1, 0.15) is 30.9 Å². The van der Waals surface area contributed by atoms with Crippen molar-refractivity contribution in [3.05, 3.63) is 42.0 Å². The zero-order valence-electron chi connectivity index (χ0n) is 9.55. The van der Waals surface area contributed by atoms with Gasteiger partial charge in [-0.2, -0.15) is 0 Å². The molecule has 0 atom stereocenters. The van der Waals surface area contributed by atoms with Crippen molar-refractivity contribution < 1.29 is 4.84 Å². The van der Waals surface area contributed by atoms with E-state index < -0.39 is 0 Å². The molecule has 0 bridgehead atoms. The summed E-state index contributed by atoms with van der Waals surface area (Å²) in [6.45, 7) is 8.85. The highest BCUT2D eigenvalue weighted by Gasteiger charge is 1.97. The fraction of sp³-hybridized carbons (Fsp3) is 0.385. The largest absolute Gasteiger partial charge is 0.276 e. The van der Waals surface area contributed by atoms with Gasteiger partial charge >= 0.3 is 0 Å². The van der Waals surface area contributed by atoms with Crippen molar-refractivity contribution in [1.29, 1.82) is 0 Å². The molecule has 0 aliphatic rings. The van der Waals surface area contributed by atoms with Gasteiger partial charge in [-0.15, -0.1) is 0 Å². The van der Waals surface area contributed by atoms with E-state index in [0.717, 1.165) is 30.7 Å². The summed E-state index contributed by atoms with van der Waals surface area (Å²) in [5.74, 6) is 0. The van der Waals surface area contributed by atoms with E-state index in [4.69, 9.17) is 4.84 Å². The van der Waals surface area contributed by atoms with Crippen LogP contribution in [0.4, 0.5) is 0 Å². The third-order valence-corrected chi connectivity index (χ3v) is 2.16. The first kappa shape index (κ1) is 11.8. The maximum Gasteiger partial charge on any atom is 0.0745 e. The van der Waals surface area contributed by atoms with Crippen LogP contribution in [0.3, 0.4) is 0 Å². The van der Waals surface area contributed by atoms with Crippen molar-refractivity contribution in [2.24, 2.45) is 0 Å². The first-order chi connectivity index (χ1) is 7.24. The van der Waals surface area contributed by atoms with Gasteiger partial charge in [-0.05, 0) is 25.0 Å². The molecule has 1 N–H and O–H groups in total. The Balaban J connectivity index is 2.40. The molecule has 82 valence electrons. The number of rotatable bonds is 6. The maximum absolute atomic E-state index is 5.28. The normalized spacial score (nSPS) is 10.0. The van der Waals surface area contributed by atoms with Gasteiger partial charge < -0.3 is 0 Å². The Labute approximate surface area is 91.9 Å². The Bertz CT molecular complexity index is 320. The maximum atomic E-state index is 5.28. The number of hydroxylamine groups is 1. The summed E-state index contributed by atoms with van der Waals surface area (Å²) in [6.07, 6.45) is 2.20. The Morgan fingerprint density at radius 3 is 2.93 bits per heavy atom. The molecule has 2 heteroatoms. The molecule has 0 saturated heterocycles. The van der Waals surface area contributed by atoms with Gasteiger partial charge in [0, 0.05) is 0 Å².